The average Bonchev–Trinajstić information content (AvgIpc) is 2.74. The monoisotopic (exact) mass is 293 g/mol. The molecule has 0 saturated carbocycles. The number of ketones is 2. The molecule has 0 radical (unpaired) electrons. The van der Waals surface area contributed by atoms with Crippen LogP contribution in [0.25, 0.3) is 6.08 Å². The van der Waals surface area contributed by atoms with E-state index in [-0.39, 0.29) is 22.8 Å². The molecular formula is C17H11NO4. The second-order valence-corrected chi connectivity index (χ2v) is 5.06. The van der Waals surface area contributed by atoms with E-state index in [2.05, 4.69) is 0 Å². The van der Waals surface area contributed by atoms with Crippen LogP contribution in [0, 0.1) is 17.0 Å². The number of benzene rings is 2. The Hall–Kier alpha value is -3.08. The highest BCUT2D eigenvalue weighted by atomic mass is 16.6. The van der Waals surface area contributed by atoms with Gasteiger partial charge in [0.25, 0.3) is 5.69 Å². The fourth-order valence-electron chi connectivity index (χ4n) is 2.48. The summed E-state index contributed by atoms with van der Waals surface area (Å²) in [4.78, 5) is 35.0. The number of carbonyl (C=O) groups is 2. The van der Waals surface area contributed by atoms with Gasteiger partial charge in [0.1, 0.15) is 0 Å². The number of nitro benzene ring substituents is 1. The van der Waals surface area contributed by atoms with Crippen molar-refractivity contribution < 1.29 is 14.5 Å². The SMILES string of the molecule is Cc1ccc(C=C2C(=O)c3ccccc3C2=O)cc1[N+](=O)[O-]. The molecule has 0 aliphatic heterocycles. The summed E-state index contributed by atoms with van der Waals surface area (Å²) in [6, 6.07) is 11.2. The van der Waals surface area contributed by atoms with E-state index in [1.807, 2.05) is 0 Å². The molecule has 22 heavy (non-hydrogen) atoms. The smallest absolute Gasteiger partial charge is 0.272 e. The first-order valence-corrected chi connectivity index (χ1v) is 6.64. The molecule has 0 bridgehead atoms. The minimum absolute atomic E-state index is 0.0373. The predicted molar refractivity (Wildman–Crippen MR) is 80.9 cm³/mol. The zero-order valence-electron chi connectivity index (χ0n) is 11.7. The molecule has 0 N–H and O–H groups in total. The lowest BCUT2D eigenvalue weighted by Gasteiger charge is -2.00. The molecule has 1 aliphatic rings. The topological polar surface area (TPSA) is 77.3 Å². The van der Waals surface area contributed by atoms with Crippen molar-refractivity contribution in [2.24, 2.45) is 0 Å². The van der Waals surface area contributed by atoms with Gasteiger partial charge >= 0.3 is 0 Å². The fourth-order valence-corrected chi connectivity index (χ4v) is 2.48. The van der Waals surface area contributed by atoms with Crippen LogP contribution >= 0.6 is 0 Å². The summed E-state index contributed by atoms with van der Waals surface area (Å²) in [5.41, 5.74) is 1.74. The number of rotatable bonds is 2. The quantitative estimate of drug-likeness (QED) is 0.368. The standard InChI is InChI=1S/C17H11NO4/c1-10-6-7-11(9-15(10)18(21)22)8-14-16(19)12-4-2-3-5-13(12)17(14)20/h2-9H,1H3. The van der Waals surface area contributed by atoms with Gasteiger partial charge in [0.2, 0.25) is 0 Å². The van der Waals surface area contributed by atoms with Crippen molar-refractivity contribution >= 4 is 23.3 Å². The van der Waals surface area contributed by atoms with Crippen LogP contribution in [0.2, 0.25) is 0 Å². The number of nitro groups is 1. The van der Waals surface area contributed by atoms with Crippen molar-refractivity contribution in [3.05, 3.63) is 80.4 Å². The Labute approximate surface area is 126 Å². The molecule has 0 heterocycles. The number of fused-ring (bicyclic) bond motifs is 1. The number of hydrogen-bond donors (Lipinski definition) is 0. The zero-order valence-corrected chi connectivity index (χ0v) is 11.7. The van der Waals surface area contributed by atoms with Gasteiger partial charge in [-0.25, -0.2) is 0 Å². The maximum Gasteiger partial charge on any atom is 0.272 e. The molecule has 1 aliphatic carbocycles. The average molecular weight is 293 g/mol. The number of allylic oxidation sites excluding steroid dienone is 1. The first kappa shape index (κ1) is 13.9. The van der Waals surface area contributed by atoms with Crippen molar-refractivity contribution in [2.45, 2.75) is 6.92 Å². The van der Waals surface area contributed by atoms with Gasteiger partial charge in [0, 0.05) is 22.8 Å². The van der Waals surface area contributed by atoms with E-state index in [1.54, 1.807) is 43.3 Å². The fraction of sp³-hybridized carbons (Fsp3) is 0.0588. The molecule has 3 rings (SSSR count). The van der Waals surface area contributed by atoms with Gasteiger partial charge in [-0.2, -0.15) is 0 Å². The molecule has 108 valence electrons. The largest absolute Gasteiger partial charge is 0.288 e. The summed E-state index contributed by atoms with van der Waals surface area (Å²) < 4.78 is 0. The van der Waals surface area contributed by atoms with E-state index in [0.717, 1.165) is 0 Å². The van der Waals surface area contributed by atoms with Crippen LogP contribution in [0.3, 0.4) is 0 Å². The van der Waals surface area contributed by atoms with Gasteiger partial charge < -0.3 is 0 Å². The molecule has 0 amide bonds. The lowest BCUT2D eigenvalue weighted by Crippen LogP contribution is -2.00. The molecule has 0 atom stereocenters. The minimum atomic E-state index is -0.482. The number of hydrogen-bond acceptors (Lipinski definition) is 4. The van der Waals surface area contributed by atoms with Crippen molar-refractivity contribution in [3.63, 3.8) is 0 Å². The molecule has 2 aromatic rings. The second kappa shape index (κ2) is 5.04. The molecule has 2 aromatic carbocycles. The van der Waals surface area contributed by atoms with E-state index in [4.69, 9.17) is 0 Å². The van der Waals surface area contributed by atoms with Gasteiger partial charge in [0.15, 0.2) is 11.6 Å². The zero-order chi connectivity index (χ0) is 15.9. The molecule has 5 nitrogen and oxygen atoms in total. The Morgan fingerprint density at radius 3 is 2.14 bits per heavy atom. The number of aryl methyl sites for hydroxylation is 1. The number of Topliss-reactive ketones (excluding diaryl/α,β-unsaturated/α-hetero) is 2. The van der Waals surface area contributed by atoms with E-state index < -0.39 is 4.92 Å². The molecule has 0 saturated heterocycles. The van der Waals surface area contributed by atoms with Crippen molar-refractivity contribution in [3.8, 4) is 0 Å². The van der Waals surface area contributed by atoms with Crippen LogP contribution in [0.15, 0.2) is 48.0 Å². The predicted octanol–water partition coefficient (Wildman–Crippen LogP) is 3.37. The number of nitrogens with zero attached hydrogens (tertiary/aromatic N) is 1. The Balaban J connectivity index is 2.08. The Morgan fingerprint density at radius 1 is 1.00 bits per heavy atom. The molecule has 0 spiro atoms. The van der Waals surface area contributed by atoms with Crippen LogP contribution in [0.1, 0.15) is 31.8 Å². The van der Waals surface area contributed by atoms with E-state index >= 15 is 0 Å². The van der Waals surface area contributed by atoms with Gasteiger partial charge in [0.05, 0.1) is 10.5 Å². The third-order valence-corrected chi connectivity index (χ3v) is 3.65. The molecule has 0 fully saturated rings. The minimum Gasteiger partial charge on any atom is -0.288 e. The summed E-state index contributed by atoms with van der Waals surface area (Å²) in [5, 5.41) is 11.0. The summed E-state index contributed by atoms with van der Waals surface area (Å²) >= 11 is 0. The van der Waals surface area contributed by atoms with Crippen LogP contribution in [0.5, 0.6) is 0 Å². The molecular weight excluding hydrogens is 282 g/mol. The molecule has 5 heteroatoms. The summed E-state index contributed by atoms with van der Waals surface area (Å²) in [6.45, 7) is 1.64. The Kier molecular flexibility index (Phi) is 3.18. The van der Waals surface area contributed by atoms with Crippen molar-refractivity contribution in [1.29, 1.82) is 0 Å². The van der Waals surface area contributed by atoms with Crippen molar-refractivity contribution in [2.75, 3.05) is 0 Å². The van der Waals surface area contributed by atoms with Crippen LogP contribution in [0.4, 0.5) is 5.69 Å². The summed E-state index contributed by atoms with van der Waals surface area (Å²) in [5.74, 6) is -0.687. The van der Waals surface area contributed by atoms with E-state index in [9.17, 15) is 19.7 Å². The van der Waals surface area contributed by atoms with E-state index in [0.29, 0.717) is 22.3 Å². The lowest BCUT2D eigenvalue weighted by atomic mass is 10.0. The first-order chi connectivity index (χ1) is 10.5. The number of carbonyl (C=O) groups excluding carboxylic acids is 2. The molecule has 0 aromatic heterocycles. The summed E-state index contributed by atoms with van der Waals surface area (Å²) in [7, 11) is 0. The van der Waals surface area contributed by atoms with Crippen LogP contribution in [-0.4, -0.2) is 16.5 Å². The van der Waals surface area contributed by atoms with Crippen LogP contribution < -0.4 is 0 Å². The normalized spacial score (nSPS) is 13.2. The van der Waals surface area contributed by atoms with Gasteiger partial charge in [-0.05, 0) is 18.6 Å². The van der Waals surface area contributed by atoms with Crippen molar-refractivity contribution in [1.82, 2.24) is 0 Å². The highest BCUT2D eigenvalue weighted by molar-refractivity contribution is 6.41. The maximum atomic E-state index is 12.3. The van der Waals surface area contributed by atoms with Gasteiger partial charge in [-0.3, -0.25) is 19.7 Å². The molecule has 0 unspecified atom stereocenters. The van der Waals surface area contributed by atoms with Crippen LogP contribution in [-0.2, 0) is 0 Å². The Morgan fingerprint density at radius 2 is 1.59 bits per heavy atom. The third kappa shape index (κ3) is 2.13. The van der Waals surface area contributed by atoms with Gasteiger partial charge in [-0.15, -0.1) is 0 Å². The lowest BCUT2D eigenvalue weighted by molar-refractivity contribution is -0.385. The summed E-state index contributed by atoms with van der Waals surface area (Å²) in [6.07, 6.45) is 1.41. The highest BCUT2D eigenvalue weighted by Crippen LogP contribution is 2.28. The van der Waals surface area contributed by atoms with Gasteiger partial charge in [-0.1, -0.05) is 36.4 Å². The highest BCUT2D eigenvalue weighted by Gasteiger charge is 2.32. The Bertz CT molecular complexity index is 828. The first-order valence-electron chi connectivity index (χ1n) is 6.64. The van der Waals surface area contributed by atoms with E-state index in [1.165, 1.54) is 12.1 Å². The maximum absolute atomic E-state index is 12.3. The third-order valence-electron chi connectivity index (χ3n) is 3.65. The second-order valence-electron chi connectivity index (χ2n) is 5.06.